The molecule has 1 saturated heterocycles. The summed E-state index contributed by atoms with van der Waals surface area (Å²) in [5.74, 6) is -0.458. The second kappa shape index (κ2) is 7.28. The van der Waals surface area contributed by atoms with Crippen molar-refractivity contribution >= 4 is 44.9 Å². The number of imide groups is 1. The molecule has 0 atom stereocenters. The quantitative estimate of drug-likeness (QED) is 0.572. The van der Waals surface area contributed by atoms with Gasteiger partial charge in [-0.05, 0) is 53.2 Å². The molecule has 0 bridgehead atoms. The van der Waals surface area contributed by atoms with Gasteiger partial charge in [0.25, 0.3) is 11.1 Å². The van der Waals surface area contributed by atoms with Crippen LogP contribution >= 0.6 is 27.7 Å². The lowest BCUT2D eigenvalue weighted by atomic mass is 10.1. The van der Waals surface area contributed by atoms with E-state index in [0.717, 1.165) is 38.8 Å². The van der Waals surface area contributed by atoms with E-state index in [-0.39, 0.29) is 11.4 Å². The highest BCUT2D eigenvalue weighted by atomic mass is 79.9. The molecule has 0 radical (unpaired) electrons. The number of hydrogen-bond acceptors (Lipinski definition) is 3. The van der Waals surface area contributed by atoms with Crippen LogP contribution in [0.5, 0.6) is 0 Å². The second-order valence-corrected chi connectivity index (χ2v) is 7.43. The summed E-state index contributed by atoms with van der Waals surface area (Å²) in [7, 11) is 0. The van der Waals surface area contributed by atoms with E-state index in [0.29, 0.717) is 5.56 Å². The van der Waals surface area contributed by atoms with E-state index in [1.54, 1.807) is 12.1 Å². The SMILES string of the molecule is O=C1S/C(=C\c2ccc(C(F)(F)F)cc2)C(=O)N1Cc1cccc(Br)c1. The number of carbonyl (C=O) groups excluding carboxylic acids is 2. The fourth-order valence-corrected chi connectivity index (χ4v) is 3.66. The van der Waals surface area contributed by atoms with Crippen molar-refractivity contribution in [3.8, 4) is 0 Å². The highest BCUT2D eigenvalue weighted by molar-refractivity contribution is 9.10. The van der Waals surface area contributed by atoms with Crippen LogP contribution in [0, 0.1) is 0 Å². The van der Waals surface area contributed by atoms with Crippen molar-refractivity contribution in [2.75, 3.05) is 0 Å². The summed E-state index contributed by atoms with van der Waals surface area (Å²) in [5, 5.41) is -0.409. The lowest BCUT2D eigenvalue weighted by molar-refractivity contribution is -0.137. The Morgan fingerprint density at radius 1 is 1.08 bits per heavy atom. The fraction of sp³-hybridized carbons (Fsp3) is 0.111. The summed E-state index contributed by atoms with van der Waals surface area (Å²) < 4.78 is 38.6. The monoisotopic (exact) mass is 441 g/mol. The van der Waals surface area contributed by atoms with E-state index >= 15 is 0 Å². The van der Waals surface area contributed by atoms with Crippen molar-refractivity contribution in [3.05, 3.63) is 74.6 Å². The van der Waals surface area contributed by atoms with Crippen LogP contribution in [0.1, 0.15) is 16.7 Å². The predicted molar refractivity (Wildman–Crippen MR) is 97.1 cm³/mol. The number of halogens is 4. The van der Waals surface area contributed by atoms with E-state index in [2.05, 4.69) is 15.9 Å². The number of carbonyl (C=O) groups is 2. The summed E-state index contributed by atoms with van der Waals surface area (Å²) >= 11 is 4.11. The number of hydrogen-bond donors (Lipinski definition) is 0. The van der Waals surface area contributed by atoms with Gasteiger partial charge in [-0.15, -0.1) is 0 Å². The molecule has 0 spiro atoms. The number of rotatable bonds is 3. The molecule has 0 aliphatic carbocycles. The average molecular weight is 442 g/mol. The third-order valence-electron chi connectivity index (χ3n) is 3.64. The van der Waals surface area contributed by atoms with Crippen LogP contribution in [-0.4, -0.2) is 16.0 Å². The van der Waals surface area contributed by atoms with Crippen molar-refractivity contribution < 1.29 is 22.8 Å². The zero-order valence-electron chi connectivity index (χ0n) is 13.1. The smallest absolute Gasteiger partial charge is 0.268 e. The van der Waals surface area contributed by atoms with Crippen molar-refractivity contribution in [3.63, 3.8) is 0 Å². The highest BCUT2D eigenvalue weighted by Gasteiger charge is 2.35. The van der Waals surface area contributed by atoms with E-state index in [1.807, 2.05) is 12.1 Å². The summed E-state index contributed by atoms with van der Waals surface area (Å²) in [6.45, 7) is 0.133. The summed E-state index contributed by atoms with van der Waals surface area (Å²) in [6, 6.07) is 11.7. The van der Waals surface area contributed by atoms with Gasteiger partial charge < -0.3 is 0 Å². The first-order valence-corrected chi connectivity index (χ1v) is 9.02. The molecule has 3 rings (SSSR count). The minimum absolute atomic E-state index is 0.133. The summed E-state index contributed by atoms with van der Waals surface area (Å²) in [6.07, 6.45) is -2.99. The van der Waals surface area contributed by atoms with Gasteiger partial charge in [-0.2, -0.15) is 13.2 Å². The molecule has 0 unspecified atom stereocenters. The maximum absolute atomic E-state index is 12.6. The van der Waals surface area contributed by atoms with Crippen LogP contribution in [0.15, 0.2) is 57.9 Å². The molecule has 0 aromatic heterocycles. The largest absolute Gasteiger partial charge is 0.416 e. The molecule has 8 heteroatoms. The van der Waals surface area contributed by atoms with Crippen LogP contribution in [0.25, 0.3) is 6.08 Å². The molecule has 1 aliphatic rings. The van der Waals surface area contributed by atoms with E-state index < -0.39 is 22.9 Å². The van der Waals surface area contributed by atoms with Gasteiger partial charge >= 0.3 is 6.18 Å². The third-order valence-corrected chi connectivity index (χ3v) is 5.04. The first-order valence-electron chi connectivity index (χ1n) is 7.41. The molecular weight excluding hydrogens is 431 g/mol. The molecule has 2 amide bonds. The van der Waals surface area contributed by atoms with Crippen LogP contribution in [0.4, 0.5) is 18.0 Å². The zero-order chi connectivity index (χ0) is 18.9. The maximum atomic E-state index is 12.6. The number of benzene rings is 2. The van der Waals surface area contributed by atoms with Gasteiger partial charge in [0.15, 0.2) is 0 Å². The Morgan fingerprint density at radius 2 is 1.77 bits per heavy atom. The average Bonchev–Trinajstić information content (AvgIpc) is 2.82. The maximum Gasteiger partial charge on any atom is 0.416 e. The molecule has 3 nitrogen and oxygen atoms in total. The minimum atomic E-state index is -4.42. The molecule has 0 saturated carbocycles. The van der Waals surface area contributed by atoms with Crippen LogP contribution in [-0.2, 0) is 17.5 Å². The van der Waals surface area contributed by atoms with Crippen molar-refractivity contribution in [1.29, 1.82) is 0 Å². The van der Waals surface area contributed by atoms with Gasteiger partial charge in [-0.25, -0.2) is 0 Å². The molecule has 1 aliphatic heterocycles. The van der Waals surface area contributed by atoms with Crippen LogP contribution in [0.2, 0.25) is 0 Å². The third kappa shape index (κ3) is 4.19. The van der Waals surface area contributed by atoms with E-state index in [1.165, 1.54) is 18.2 Å². The summed E-state index contributed by atoms with van der Waals surface area (Å²) in [4.78, 5) is 25.9. The van der Waals surface area contributed by atoms with Gasteiger partial charge in [0.1, 0.15) is 0 Å². The van der Waals surface area contributed by atoms with Crippen LogP contribution in [0.3, 0.4) is 0 Å². The molecule has 0 N–H and O–H groups in total. The Bertz CT molecular complexity index is 894. The molecule has 2 aromatic rings. The molecule has 1 heterocycles. The van der Waals surface area contributed by atoms with Gasteiger partial charge in [0.2, 0.25) is 0 Å². The fourth-order valence-electron chi connectivity index (χ4n) is 2.37. The lowest BCUT2D eigenvalue weighted by Gasteiger charge is -2.12. The van der Waals surface area contributed by atoms with Crippen molar-refractivity contribution in [2.24, 2.45) is 0 Å². The van der Waals surface area contributed by atoms with Crippen LogP contribution < -0.4 is 0 Å². The number of amides is 2. The highest BCUT2D eigenvalue weighted by Crippen LogP contribution is 2.34. The van der Waals surface area contributed by atoms with Gasteiger partial charge in [-0.3, -0.25) is 14.5 Å². The first-order chi connectivity index (χ1) is 12.2. The number of alkyl halides is 3. The van der Waals surface area contributed by atoms with E-state index in [9.17, 15) is 22.8 Å². The Labute approximate surface area is 160 Å². The van der Waals surface area contributed by atoms with E-state index in [4.69, 9.17) is 0 Å². The molecule has 1 fully saturated rings. The topological polar surface area (TPSA) is 37.4 Å². The van der Waals surface area contributed by atoms with Crippen molar-refractivity contribution in [2.45, 2.75) is 12.7 Å². The minimum Gasteiger partial charge on any atom is -0.268 e. The predicted octanol–water partition coefficient (Wildman–Crippen LogP) is 5.70. The summed E-state index contributed by atoms with van der Waals surface area (Å²) in [5.41, 5.74) is 0.445. The number of nitrogens with zero attached hydrogens (tertiary/aromatic N) is 1. The Kier molecular flexibility index (Phi) is 5.24. The Morgan fingerprint density at radius 3 is 2.38 bits per heavy atom. The van der Waals surface area contributed by atoms with Gasteiger partial charge in [0.05, 0.1) is 17.0 Å². The molecular formula is C18H11BrF3NO2S. The molecule has 134 valence electrons. The van der Waals surface area contributed by atoms with Crippen molar-refractivity contribution in [1.82, 2.24) is 4.90 Å². The normalized spacial score (nSPS) is 16.6. The Balaban J connectivity index is 1.78. The molecule has 2 aromatic carbocycles. The molecule has 26 heavy (non-hydrogen) atoms. The zero-order valence-corrected chi connectivity index (χ0v) is 15.5. The first kappa shape index (κ1) is 18.7. The van der Waals surface area contributed by atoms with Gasteiger partial charge in [0, 0.05) is 4.47 Å². The standard InChI is InChI=1S/C18H11BrF3NO2S/c19-14-3-1-2-12(8-14)10-23-16(24)15(26-17(23)25)9-11-4-6-13(7-5-11)18(20,21)22/h1-9H,10H2/b15-9-. The Hall–Kier alpha value is -2.06. The lowest BCUT2D eigenvalue weighted by Crippen LogP contribution is -2.27. The number of thioether (sulfide) groups is 1. The van der Waals surface area contributed by atoms with Gasteiger partial charge in [-0.1, -0.05) is 40.2 Å². The second-order valence-electron chi connectivity index (χ2n) is 5.52.